The summed E-state index contributed by atoms with van der Waals surface area (Å²) in [5.74, 6) is -2.45. The Morgan fingerprint density at radius 2 is 2.14 bits per heavy atom. The van der Waals surface area contributed by atoms with E-state index in [0.29, 0.717) is 0 Å². The number of hydrogen-bond donors (Lipinski definition) is 1. The van der Waals surface area contributed by atoms with Crippen molar-refractivity contribution in [2.75, 3.05) is 18.1 Å². The molecule has 1 aromatic rings. The summed E-state index contributed by atoms with van der Waals surface area (Å²) in [5.41, 5.74) is 0. The molecule has 1 aromatic heterocycles. The molecule has 1 saturated heterocycles. The highest BCUT2D eigenvalue weighted by atomic mass is 79.9. The number of carboxylic acid groups (broad SMARTS) is 1. The van der Waals surface area contributed by atoms with Gasteiger partial charge >= 0.3 is 5.97 Å². The zero-order valence-corrected chi connectivity index (χ0v) is 14.0. The first-order valence-corrected chi connectivity index (χ1v) is 9.85. The molecule has 1 aliphatic rings. The number of aromatic carboxylic acids is 1. The molecule has 1 unspecified atom stereocenters. The van der Waals surface area contributed by atoms with Crippen molar-refractivity contribution in [2.24, 2.45) is 0 Å². The molecule has 0 aromatic carbocycles. The summed E-state index contributed by atoms with van der Waals surface area (Å²) in [6, 6.07) is 0.168. The highest BCUT2D eigenvalue weighted by Gasteiger charge is 2.38. The number of furan rings is 1. The molecule has 8 nitrogen and oxygen atoms in total. The molecule has 0 aliphatic carbocycles. The summed E-state index contributed by atoms with van der Waals surface area (Å²) in [4.78, 5) is 10.5. The fraction of sp³-hybridized carbons (Fsp3) is 0.500. The van der Waals surface area contributed by atoms with Crippen LogP contribution in [-0.2, 0) is 19.9 Å². The number of rotatable bonds is 3. The van der Waals surface area contributed by atoms with E-state index in [0.717, 1.165) is 10.4 Å². The Balaban J connectivity index is 2.41. The second kappa shape index (κ2) is 5.38. The van der Waals surface area contributed by atoms with Crippen LogP contribution >= 0.6 is 15.9 Å². The van der Waals surface area contributed by atoms with Gasteiger partial charge in [0, 0.05) is 18.7 Å². The number of sulfonamides is 1. The maximum absolute atomic E-state index is 12.5. The van der Waals surface area contributed by atoms with E-state index < -0.39 is 37.6 Å². The maximum Gasteiger partial charge on any atom is 0.371 e. The van der Waals surface area contributed by atoms with Crippen molar-refractivity contribution in [3.8, 4) is 0 Å². The average Bonchev–Trinajstić information content (AvgIpc) is 2.70. The van der Waals surface area contributed by atoms with Crippen molar-refractivity contribution in [1.29, 1.82) is 0 Å². The second-order valence-electron chi connectivity index (χ2n) is 4.63. The molecule has 1 aliphatic heterocycles. The molecule has 0 spiro atoms. The number of sulfone groups is 1. The minimum atomic E-state index is -4.04. The van der Waals surface area contributed by atoms with E-state index in [1.807, 2.05) is 0 Å². The molecule has 2 heterocycles. The van der Waals surface area contributed by atoms with Gasteiger partial charge in [-0.2, -0.15) is 4.31 Å². The molecule has 0 radical (unpaired) electrons. The van der Waals surface area contributed by atoms with E-state index in [2.05, 4.69) is 15.9 Å². The van der Waals surface area contributed by atoms with E-state index >= 15 is 0 Å². The molecule has 0 amide bonds. The van der Waals surface area contributed by atoms with Gasteiger partial charge in [0.25, 0.3) is 0 Å². The third-order valence-electron chi connectivity index (χ3n) is 3.06. The average molecular weight is 402 g/mol. The Morgan fingerprint density at radius 3 is 2.62 bits per heavy atom. The Hall–Kier alpha value is -0.910. The van der Waals surface area contributed by atoms with Crippen molar-refractivity contribution in [3.63, 3.8) is 0 Å². The SMILES string of the molecule is CC1CS(=O)(=O)CCN1S(=O)(=O)c1cc(C(=O)O)oc1Br. The Morgan fingerprint density at radius 1 is 1.52 bits per heavy atom. The number of hydrogen-bond acceptors (Lipinski definition) is 6. The summed E-state index contributed by atoms with van der Waals surface area (Å²) in [6.07, 6.45) is 0. The van der Waals surface area contributed by atoms with Gasteiger partial charge < -0.3 is 9.52 Å². The number of nitrogens with zero attached hydrogens (tertiary/aromatic N) is 1. The lowest BCUT2D eigenvalue weighted by Gasteiger charge is -2.31. The van der Waals surface area contributed by atoms with Crippen LogP contribution in [0.1, 0.15) is 17.5 Å². The molecule has 11 heteroatoms. The van der Waals surface area contributed by atoms with Crippen molar-refractivity contribution >= 4 is 41.8 Å². The van der Waals surface area contributed by atoms with Crippen LogP contribution in [0.3, 0.4) is 0 Å². The molecule has 0 bridgehead atoms. The van der Waals surface area contributed by atoms with Crippen LogP contribution in [0.15, 0.2) is 20.0 Å². The first-order chi connectivity index (χ1) is 9.54. The predicted molar refractivity (Wildman–Crippen MR) is 75.4 cm³/mol. The summed E-state index contributed by atoms with van der Waals surface area (Å²) in [7, 11) is -7.30. The summed E-state index contributed by atoms with van der Waals surface area (Å²) in [5, 5.41) is 8.82. The molecular weight excluding hydrogens is 390 g/mol. The molecule has 1 fully saturated rings. The fourth-order valence-corrected chi connectivity index (χ4v) is 6.40. The third-order valence-corrected chi connectivity index (χ3v) is 7.73. The highest BCUT2D eigenvalue weighted by molar-refractivity contribution is 9.10. The molecule has 2 rings (SSSR count). The normalized spacial score (nSPS) is 23.0. The van der Waals surface area contributed by atoms with Gasteiger partial charge in [0.05, 0.1) is 11.5 Å². The van der Waals surface area contributed by atoms with Gasteiger partial charge in [-0.05, 0) is 22.9 Å². The second-order valence-corrected chi connectivity index (χ2v) is 9.44. The standard InChI is InChI=1S/C10H12BrNO7S2/c1-6-5-20(15,16)3-2-12(6)21(17,18)8-4-7(10(13)14)19-9(8)11/h4,6H,2-3,5H2,1H3,(H,13,14). The van der Waals surface area contributed by atoms with Gasteiger partial charge in [0.15, 0.2) is 14.5 Å². The maximum atomic E-state index is 12.5. The molecule has 0 saturated carbocycles. The van der Waals surface area contributed by atoms with Crippen molar-refractivity contribution < 1.29 is 31.2 Å². The third kappa shape index (κ3) is 3.15. The predicted octanol–water partition coefficient (Wildman–Crippen LogP) is 0.548. The first-order valence-electron chi connectivity index (χ1n) is 5.79. The van der Waals surface area contributed by atoms with Gasteiger partial charge in [0.2, 0.25) is 15.8 Å². The number of carboxylic acids is 1. The number of halogens is 1. The Kier molecular flexibility index (Phi) is 4.21. The topological polar surface area (TPSA) is 122 Å². The lowest BCUT2D eigenvalue weighted by molar-refractivity contribution is 0.0661. The van der Waals surface area contributed by atoms with Gasteiger partial charge in [-0.25, -0.2) is 21.6 Å². The zero-order valence-electron chi connectivity index (χ0n) is 10.8. The minimum Gasteiger partial charge on any atom is -0.475 e. The van der Waals surface area contributed by atoms with Crippen molar-refractivity contribution in [3.05, 3.63) is 16.5 Å². The van der Waals surface area contributed by atoms with E-state index in [-0.39, 0.29) is 27.6 Å². The quantitative estimate of drug-likeness (QED) is 0.783. The molecular formula is C10H12BrNO7S2. The Bertz CT molecular complexity index is 780. The lowest BCUT2D eigenvalue weighted by Crippen LogP contribution is -2.49. The van der Waals surface area contributed by atoms with Crippen LogP contribution in [0.4, 0.5) is 0 Å². The van der Waals surface area contributed by atoms with Gasteiger partial charge in [0.1, 0.15) is 4.90 Å². The van der Waals surface area contributed by atoms with Crippen LogP contribution < -0.4 is 0 Å². The molecule has 21 heavy (non-hydrogen) atoms. The Labute approximate surface area is 129 Å². The van der Waals surface area contributed by atoms with E-state index in [4.69, 9.17) is 9.52 Å². The highest BCUT2D eigenvalue weighted by Crippen LogP contribution is 2.31. The van der Waals surface area contributed by atoms with Crippen LogP contribution in [0.2, 0.25) is 0 Å². The molecule has 118 valence electrons. The van der Waals surface area contributed by atoms with Crippen molar-refractivity contribution in [1.82, 2.24) is 4.31 Å². The lowest BCUT2D eigenvalue weighted by atomic mass is 10.4. The summed E-state index contributed by atoms with van der Waals surface area (Å²) >= 11 is 2.88. The van der Waals surface area contributed by atoms with Gasteiger partial charge in [-0.3, -0.25) is 0 Å². The van der Waals surface area contributed by atoms with Gasteiger partial charge in [-0.15, -0.1) is 0 Å². The van der Waals surface area contributed by atoms with E-state index in [1.165, 1.54) is 6.92 Å². The van der Waals surface area contributed by atoms with Crippen LogP contribution in [-0.4, -0.2) is 56.3 Å². The van der Waals surface area contributed by atoms with E-state index in [1.54, 1.807) is 0 Å². The van der Waals surface area contributed by atoms with Gasteiger partial charge in [-0.1, -0.05) is 0 Å². The number of carbonyl (C=O) groups is 1. The fourth-order valence-electron chi connectivity index (χ4n) is 2.10. The summed E-state index contributed by atoms with van der Waals surface area (Å²) < 4.78 is 53.7. The minimum absolute atomic E-state index is 0.175. The first kappa shape index (κ1) is 16.5. The zero-order chi connectivity index (χ0) is 16.0. The molecule has 1 N–H and O–H groups in total. The van der Waals surface area contributed by atoms with Crippen molar-refractivity contribution in [2.45, 2.75) is 17.9 Å². The largest absolute Gasteiger partial charge is 0.475 e. The monoisotopic (exact) mass is 401 g/mol. The smallest absolute Gasteiger partial charge is 0.371 e. The van der Waals surface area contributed by atoms with Crippen LogP contribution in [0, 0.1) is 0 Å². The molecule has 1 atom stereocenters. The van der Waals surface area contributed by atoms with E-state index in [9.17, 15) is 21.6 Å². The summed E-state index contributed by atoms with van der Waals surface area (Å²) in [6.45, 7) is 1.31. The van der Waals surface area contributed by atoms with Crippen LogP contribution in [0.5, 0.6) is 0 Å². The van der Waals surface area contributed by atoms with Crippen LogP contribution in [0.25, 0.3) is 0 Å².